The predicted octanol–water partition coefficient (Wildman–Crippen LogP) is 6.99. The topological polar surface area (TPSA) is 68.3 Å². The van der Waals surface area contributed by atoms with Crippen LogP contribution in [0, 0.1) is 0 Å². The van der Waals surface area contributed by atoms with E-state index in [4.69, 9.17) is 14.3 Å². The molecule has 37 heavy (non-hydrogen) atoms. The zero-order valence-electron chi connectivity index (χ0n) is 23.3. The van der Waals surface area contributed by atoms with Crippen LogP contribution in [0.1, 0.15) is 101 Å². The second-order valence-corrected chi connectivity index (χ2v) is 12.3. The quantitative estimate of drug-likeness (QED) is 0.415. The summed E-state index contributed by atoms with van der Waals surface area (Å²) in [5.41, 5.74) is 1.59. The Kier molecular flexibility index (Phi) is 7.16. The zero-order valence-corrected chi connectivity index (χ0v) is 23.3. The molecule has 2 aliphatic heterocycles. The molecule has 0 bridgehead atoms. The van der Waals surface area contributed by atoms with Gasteiger partial charge >= 0.3 is 12.1 Å². The summed E-state index contributed by atoms with van der Waals surface area (Å²) >= 11 is 0. The van der Waals surface area contributed by atoms with Gasteiger partial charge < -0.3 is 9.47 Å². The summed E-state index contributed by atoms with van der Waals surface area (Å²) in [6.45, 7) is 14.3. The molecule has 0 unspecified atom stereocenters. The van der Waals surface area contributed by atoms with Crippen molar-refractivity contribution in [2.24, 2.45) is 0 Å². The van der Waals surface area contributed by atoms with Gasteiger partial charge in [0.25, 0.3) is 0 Å². The van der Waals surface area contributed by atoms with Gasteiger partial charge in [-0.2, -0.15) is 5.06 Å². The molecule has 2 heterocycles. The van der Waals surface area contributed by atoms with E-state index in [1.54, 1.807) is 17.0 Å². The molecule has 200 valence electrons. The molecule has 0 N–H and O–H groups in total. The van der Waals surface area contributed by atoms with Crippen LogP contribution in [0.25, 0.3) is 0 Å². The number of benzene rings is 2. The van der Waals surface area contributed by atoms with Crippen LogP contribution in [0.3, 0.4) is 0 Å². The van der Waals surface area contributed by atoms with Crippen LogP contribution < -0.4 is 4.90 Å². The Hall–Kier alpha value is -2.90. The minimum absolute atomic E-state index is 0.200. The van der Waals surface area contributed by atoms with E-state index in [0.717, 1.165) is 30.4 Å². The summed E-state index contributed by atoms with van der Waals surface area (Å²) in [6, 6.07) is 14.7. The lowest BCUT2D eigenvalue weighted by Crippen LogP contribution is -2.58. The van der Waals surface area contributed by atoms with Crippen LogP contribution in [0.2, 0.25) is 0 Å². The Morgan fingerprint density at radius 2 is 1.57 bits per heavy atom. The van der Waals surface area contributed by atoms with E-state index in [-0.39, 0.29) is 11.1 Å². The van der Waals surface area contributed by atoms with Crippen molar-refractivity contribution in [3.05, 3.63) is 65.2 Å². The van der Waals surface area contributed by atoms with Crippen molar-refractivity contribution >= 4 is 17.7 Å². The van der Waals surface area contributed by atoms with Gasteiger partial charge in [0.1, 0.15) is 11.7 Å². The van der Waals surface area contributed by atoms with Gasteiger partial charge in [-0.25, -0.2) is 9.59 Å². The number of carbonyl (C=O) groups excluding carboxylic acids is 2. The Morgan fingerprint density at radius 3 is 2.14 bits per heavy atom. The second kappa shape index (κ2) is 9.76. The molecule has 1 saturated heterocycles. The van der Waals surface area contributed by atoms with Gasteiger partial charge in [-0.15, -0.1) is 0 Å². The average Bonchev–Trinajstić information content (AvgIpc) is 3.13. The molecule has 7 heteroatoms. The highest BCUT2D eigenvalue weighted by Gasteiger charge is 2.50. The summed E-state index contributed by atoms with van der Waals surface area (Å²) in [7, 11) is 1.35. The molecule has 2 atom stereocenters. The monoisotopic (exact) mass is 508 g/mol. The summed E-state index contributed by atoms with van der Waals surface area (Å²) in [4.78, 5) is 34.8. The fraction of sp³-hybridized carbons (Fsp3) is 0.533. The molecule has 0 aromatic heterocycles. The molecule has 0 spiro atoms. The number of hydrogen-bond acceptors (Lipinski definition) is 6. The van der Waals surface area contributed by atoms with Gasteiger partial charge in [-0.1, -0.05) is 36.4 Å². The predicted molar refractivity (Wildman–Crippen MR) is 143 cm³/mol. The van der Waals surface area contributed by atoms with Crippen LogP contribution in [-0.2, 0) is 14.3 Å². The highest BCUT2D eigenvalue weighted by atomic mass is 16.7. The minimum atomic E-state index is -0.700. The lowest BCUT2D eigenvalue weighted by molar-refractivity contribution is -0.309. The van der Waals surface area contributed by atoms with Gasteiger partial charge in [0.05, 0.1) is 24.4 Å². The van der Waals surface area contributed by atoms with Crippen molar-refractivity contribution in [1.29, 1.82) is 0 Å². The summed E-state index contributed by atoms with van der Waals surface area (Å²) in [6.07, 6.45) is 2.13. The number of rotatable bonds is 4. The third kappa shape index (κ3) is 5.39. The lowest BCUT2D eigenvalue weighted by Gasteiger charge is -2.52. The van der Waals surface area contributed by atoms with E-state index in [1.165, 1.54) is 7.11 Å². The summed E-state index contributed by atoms with van der Waals surface area (Å²) in [5, 5.41) is 2.13. The first-order valence-electron chi connectivity index (χ1n) is 13.0. The molecular weight excluding hydrogens is 468 g/mol. The number of carbonyl (C=O) groups is 2. The largest absolute Gasteiger partial charge is 0.465 e. The molecule has 2 aliphatic rings. The van der Waals surface area contributed by atoms with Gasteiger partial charge in [0.2, 0.25) is 0 Å². The first-order valence-corrected chi connectivity index (χ1v) is 13.0. The van der Waals surface area contributed by atoms with E-state index in [2.05, 4.69) is 32.8 Å². The molecular formula is C30H40N2O5. The van der Waals surface area contributed by atoms with Crippen molar-refractivity contribution in [3.63, 3.8) is 0 Å². The number of esters is 1. The smallest absolute Gasteiger partial charge is 0.415 e. The number of nitrogens with zero attached hydrogens (tertiary/aromatic N) is 2. The lowest BCUT2D eigenvalue weighted by atomic mass is 9.82. The van der Waals surface area contributed by atoms with Crippen molar-refractivity contribution < 1.29 is 23.9 Å². The Labute approximate surface area is 220 Å². The maximum atomic E-state index is 13.8. The number of ether oxygens (including phenoxy) is 2. The van der Waals surface area contributed by atoms with Crippen LogP contribution in [-0.4, -0.2) is 40.9 Å². The Morgan fingerprint density at radius 1 is 0.946 bits per heavy atom. The molecule has 4 rings (SSSR count). The van der Waals surface area contributed by atoms with Gasteiger partial charge in [-0.05, 0) is 85.4 Å². The molecule has 1 fully saturated rings. The van der Waals surface area contributed by atoms with E-state index < -0.39 is 29.8 Å². The number of methoxy groups -OCH3 is 1. The fourth-order valence-electron chi connectivity index (χ4n) is 5.68. The summed E-state index contributed by atoms with van der Waals surface area (Å²) in [5.74, 6) is -0.467. The average molecular weight is 509 g/mol. The SMILES string of the molecule is COC(=O)c1ccc2c(c1)N(C(=O)OC(C)(C)C)[C@@H](c1ccccc1)[C@@H]2ON1C(C)(C)CCCC1(C)C. The maximum absolute atomic E-state index is 13.8. The third-order valence-corrected chi connectivity index (χ3v) is 7.21. The van der Waals surface area contributed by atoms with Crippen molar-refractivity contribution in [1.82, 2.24) is 5.06 Å². The van der Waals surface area contributed by atoms with Crippen LogP contribution in [0.15, 0.2) is 48.5 Å². The molecule has 0 radical (unpaired) electrons. The number of fused-ring (bicyclic) bond motifs is 1. The number of amides is 1. The van der Waals surface area contributed by atoms with Crippen molar-refractivity contribution in [2.75, 3.05) is 12.0 Å². The standard InChI is InChI=1S/C30H40N2O5/c1-28(2,3)36-27(34)31-23-19-21(26(33)35-8)15-16-22(23)25(24(31)20-13-10-9-11-14-20)37-32-29(4,5)17-12-18-30(32,6)7/h9-11,13-16,19,24-25H,12,17-18H2,1-8H3/t24-,25+/m0/s1. The Bertz CT molecular complexity index is 1140. The number of piperidine rings is 1. The molecule has 0 aliphatic carbocycles. The normalized spacial score (nSPS) is 22.9. The molecule has 2 aromatic rings. The van der Waals surface area contributed by atoms with Crippen LogP contribution in [0.5, 0.6) is 0 Å². The second-order valence-electron chi connectivity index (χ2n) is 12.3. The van der Waals surface area contributed by atoms with Crippen molar-refractivity contribution in [2.45, 2.75) is 96.6 Å². The third-order valence-electron chi connectivity index (χ3n) is 7.21. The first-order chi connectivity index (χ1) is 17.2. The van der Waals surface area contributed by atoms with Crippen molar-refractivity contribution in [3.8, 4) is 0 Å². The van der Waals surface area contributed by atoms with Gasteiger partial charge in [0, 0.05) is 16.6 Å². The van der Waals surface area contributed by atoms with E-state index in [9.17, 15) is 9.59 Å². The van der Waals surface area contributed by atoms with Gasteiger partial charge in [0.15, 0.2) is 0 Å². The number of anilines is 1. The minimum Gasteiger partial charge on any atom is -0.465 e. The molecule has 2 aromatic carbocycles. The van der Waals surface area contributed by atoms with Gasteiger partial charge in [-0.3, -0.25) is 9.74 Å². The Balaban J connectivity index is 1.89. The van der Waals surface area contributed by atoms with E-state index in [0.29, 0.717) is 11.3 Å². The molecule has 0 saturated carbocycles. The highest BCUT2D eigenvalue weighted by molar-refractivity contribution is 5.96. The highest BCUT2D eigenvalue weighted by Crippen LogP contribution is 2.53. The van der Waals surface area contributed by atoms with E-state index >= 15 is 0 Å². The van der Waals surface area contributed by atoms with E-state index in [1.807, 2.05) is 57.2 Å². The zero-order chi connectivity index (χ0) is 27.2. The first kappa shape index (κ1) is 27.1. The van der Waals surface area contributed by atoms with Crippen LogP contribution in [0.4, 0.5) is 10.5 Å². The maximum Gasteiger partial charge on any atom is 0.415 e. The number of hydrogen-bond donors (Lipinski definition) is 0. The number of hydroxylamine groups is 2. The van der Waals surface area contributed by atoms with Crippen LogP contribution >= 0.6 is 0 Å². The molecule has 7 nitrogen and oxygen atoms in total. The fourth-order valence-corrected chi connectivity index (χ4v) is 5.68. The molecule has 1 amide bonds. The summed E-state index contributed by atoms with van der Waals surface area (Å²) < 4.78 is 10.9.